The Balaban J connectivity index is 2.53. The molecule has 0 aliphatic heterocycles. The highest BCUT2D eigenvalue weighted by Crippen LogP contribution is 2.25. The second-order valence-electron chi connectivity index (χ2n) is 3.69. The number of allylic oxidation sites excluding steroid dienone is 3. The van der Waals surface area contributed by atoms with Gasteiger partial charge in [-0.3, -0.25) is 0 Å². The lowest BCUT2D eigenvalue weighted by atomic mass is 9.97. The van der Waals surface area contributed by atoms with Crippen molar-refractivity contribution in [2.45, 2.75) is 26.2 Å². The van der Waals surface area contributed by atoms with E-state index in [0.717, 1.165) is 24.0 Å². The highest BCUT2D eigenvalue weighted by Gasteiger charge is 2.14. The second-order valence-corrected chi connectivity index (χ2v) is 3.69. The molecule has 0 bridgehead atoms. The van der Waals surface area contributed by atoms with Gasteiger partial charge in [0.2, 0.25) is 0 Å². The Kier molecular flexibility index (Phi) is 5.91. The summed E-state index contributed by atoms with van der Waals surface area (Å²) in [5.41, 5.74) is 1.77. The van der Waals surface area contributed by atoms with Crippen molar-refractivity contribution in [1.82, 2.24) is 0 Å². The average molecular weight is 244 g/mol. The number of alkyl halides is 2. The van der Waals surface area contributed by atoms with Crippen LogP contribution in [0.2, 0.25) is 0 Å². The van der Waals surface area contributed by atoms with E-state index in [4.69, 9.17) is 9.47 Å². The van der Waals surface area contributed by atoms with E-state index >= 15 is 0 Å². The van der Waals surface area contributed by atoms with Gasteiger partial charge in [0.25, 0.3) is 6.43 Å². The lowest BCUT2D eigenvalue weighted by Gasteiger charge is -2.18. The largest absolute Gasteiger partial charge is 0.494 e. The van der Waals surface area contributed by atoms with Gasteiger partial charge >= 0.3 is 0 Å². The van der Waals surface area contributed by atoms with Crippen molar-refractivity contribution in [1.29, 1.82) is 0 Å². The molecule has 1 rings (SSSR count). The normalized spacial score (nSPS) is 15.5. The molecule has 2 nitrogen and oxygen atoms in total. The van der Waals surface area contributed by atoms with Crippen molar-refractivity contribution in [2.75, 3.05) is 19.8 Å². The van der Waals surface area contributed by atoms with E-state index in [9.17, 15) is 8.78 Å². The van der Waals surface area contributed by atoms with Crippen LogP contribution in [0.5, 0.6) is 0 Å². The van der Waals surface area contributed by atoms with Gasteiger partial charge in [0, 0.05) is 5.57 Å². The van der Waals surface area contributed by atoms with Gasteiger partial charge in [-0.25, -0.2) is 8.78 Å². The Hall–Kier alpha value is -1.16. The Morgan fingerprint density at radius 2 is 2.12 bits per heavy atom. The Morgan fingerprint density at radius 3 is 2.76 bits per heavy atom. The molecule has 0 spiro atoms. The van der Waals surface area contributed by atoms with Crippen LogP contribution in [0.1, 0.15) is 19.8 Å². The smallest absolute Gasteiger partial charge is 0.261 e. The highest BCUT2D eigenvalue weighted by molar-refractivity contribution is 5.44. The van der Waals surface area contributed by atoms with Crippen LogP contribution in [0.25, 0.3) is 0 Å². The molecular formula is C13H18F2O2. The number of hydrogen-bond donors (Lipinski definition) is 0. The van der Waals surface area contributed by atoms with Gasteiger partial charge in [-0.2, -0.15) is 0 Å². The third-order valence-corrected chi connectivity index (χ3v) is 2.37. The zero-order valence-electron chi connectivity index (χ0n) is 10.0. The van der Waals surface area contributed by atoms with E-state index in [1.165, 1.54) is 0 Å². The van der Waals surface area contributed by atoms with E-state index < -0.39 is 13.0 Å². The molecule has 17 heavy (non-hydrogen) atoms. The Morgan fingerprint density at radius 1 is 1.41 bits per heavy atom. The van der Waals surface area contributed by atoms with Crippen LogP contribution in [0.15, 0.2) is 35.6 Å². The fourth-order valence-electron chi connectivity index (χ4n) is 1.67. The molecule has 0 amide bonds. The van der Waals surface area contributed by atoms with E-state index in [1.807, 2.05) is 19.1 Å². The maximum Gasteiger partial charge on any atom is 0.261 e. The third kappa shape index (κ3) is 4.69. The molecule has 0 aromatic carbocycles. The van der Waals surface area contributed by atoms with E-state index in [-0.39, 0.29) is 6.61 Å². The summed E-state index contributed by atoms with van der Waals surface area (Å²) < 4.78 is 34.2. The summed E-state index contributed by atoms with van der Waals surface area (Å²) in [6.45, 7) is 5.90. The molecule has 0 aromatic rings. The molecule has 0 saturated carbocycles. The zero-order valence-corrected chi connectivity index (χ0v) is 10.0. The van der Waals surface area contributed by atoms with Gasteiger partial charge in [-0.05, 0) is 25.3 Å². The summed E-state index contributed by atoms with van der Waals surface area (Å²) in [6, 6.07) is 0. The topological polar surface area (TPSA) is 18.5 Å². The lowest BCUT2D eigenvalue weighted by molar-refractivity contribution is 0.0265. The van der Waals surface area contributed by atoms with Crippen molar-refractivity contribution in [3.05, 3.63) is 35.6 Å². The van der Waals surface area contributed by atoms with Crippen molar-refractivity contribution in [2.24, 2.45) is 0 Å². The maximum atomic E-state index is 12.0. The summed E-state index contributed by atoms with van der Waals surface area (Å²) in [6.07, 6.45) is 3.39. The summed E-state index contributed by atoms with van der Waals surface area (Å²) in [7, 11) is 0. The molecule has 1 aliphatic rings. The summed E-state index contributed by atoms with van der Waals surface area (Å²) in [4.78, 5) is 0. The molecule has 0 unspecified atom stereocenters. The minimum absolute atomic E-state index is 0.183. The van der Waals surface area contributed by atoms with Gasteiger partial charge in [0.1, 0.15) is 12.4 Å². The number of halogens is 2. The first-order valence-corrected chi connectivity index (χ1v) is 5.72. The van der Waals surface area contributed by atoms with Gasteiger partial charge < -0.3 is 9.47 Å². The van der Waals surface area contributed by atoms with Crippen molar-refractivity contribution in [3.63, 3.8) is 0 Å². The van der Waals surface area contributed by atoms with Crippen LogP contribution in [-0.4, -0.2) is 26.2 Å². The van der Waals surface area contributed by atoms with Crippen molar-refractivity contribution >= 4 is 0 Å². The van der Waals surface area contributed by atoms with Gasteiger partial charge in [-0.15, -0.1) is 0 Å². The molecule has 0 N–H and O–H groups in total. The van der Waals surface area contributed by atoms with Crippen LogP contribution in [0.3, 0.4) is 0 Å². The minimum Gasteiger partial charge on any atom is -0.494 e. The van der Waals surface area contributed by atoms with Crippen LogP contribution in [-0.2, 0) is 9.47 Å². The number of rotatable bonds is 7. The summed E-state index contributed by atoms with van der Waals surface area (Å²) in [5, 5.41) is 0. The second kappa shape index (κ2) is 7.22. The van der Waals surface area contributed by atoms with Crippen LogP contribution in [0.4, 0.5) is 8.78 Å². The molecule has 0 fully saturated rings. The molecule has 1 aliphatic carbocycles. The van der Waals surface area contributed by atoms with Crippen molar-refractivity contribution in [3.8, 4) is 0 Å². The highest BCUT2D eigenvalue weighted by atomic mass is 19.3. The summed E-state index contributed by atoms with van der Waals surface area (Å²) >= 11 is 0. The molecule has 0 saturated heterocycles. The van der Waals surface area contributed by atoms with Crippen LogP contribution < -0.4 is 0 Å². The van der Waals surface area contributed by atoms with Gasteiger partial charge in [-0.1, -0.05) is 18.7 Å². The fraction of sp³-hybridized carbons (Fsp3) is 0.538. The maximum absolute atomic E-state index is 12.0. The van der Waals surface area contributed by atoms with E-state index in [0.29, 0.717) is 12.4 Å². The minimum atomic E-state index is -2.43. The first-order valence-electron chi connectivity index (χ1n) is 5.72. The molecule has 0 aromatic heterocycles. The van der Waals surface area contributed by atoms with Crippen molar-refractivity contribution < 1.29 is 18.3 Å². The average Bonchev–Trinajstić information content (AvgIpc) is 2.29. The first-order chi connectivity index (χ1) is 8.15. The van der Waals surface area contributed by atoms with E-state index in [1.54, 1.807) is 0 Å². The zero-order chi connectivity index (χ0) is 12.7. The molecule has 0 atom stereocenters. The first kappa shape index (κ1) is 13.9. The molecular weight excluding hydrogens is 226 g/mol. The number of ether oxygens (including phenoxy) is 2. The Bertz CT molecular complexity index is 319. The predicted molar refractivity (Wildman–Crippen MR) is 63.0 cm³/mol. The quantitative estimate of drug-likeness (QED) is 0.638. The van der Waals surface area contributed by atoms with Crippen LogP contribution in [0, 0.1) is 0 Å². The molecule has 0 radical (unpaired) electrons. The number of hydrogen-bond acceptors (Lipinski definition) is 2. The lowest BCUT2D eigenvalue weighted by Crippen LogP contribution is -2.11. The van der Waals surface area contributed by atoms with E-state index in [2.05, 4.69) is 6.58 Å². The fourth-order valence-corrected chi connectivity index (χ4v) is 1.67. The predicted octanol–water partition coefficient (Wildman–Crippen LogP) is 3.46. The molecule has 0 heterocycles. The Labute approximate surface area is 101 Å². The molecule has 4 heteroatoms. The summed E-state index contributed by atoms with van der Waals surface area (Å²) in [5.74, 6) is 0.582. The standard InChI is InChI=1S/C13H18F2O2/c1-3-17-10(2)12-7-5-4-6-11(12)8-16-9-13(14)15/h6-7,13H,2-5,8-9H2,1H3. The third-order valence-electron chi connectivity index (χ3n) is 2.37. The molecule has 96 valence electrons. The van der Waals surface area contributed by atoms with Gasteiger partial charge in [0.05, 0.1) is 13.2 Å². The van der Waals surface area contributed by atoms with Gasteiger partial charge in [0.15, 0.2) is 0 Å². The van der Waals surface area contributed by atoms with Crippen LogP contribution >= 0.6 is 0 Å². The SMILES string of the molecule is C=C(OCC)C1=CCCC=C1COCC(F)F. The monoisotopic (exact) mass is 244 g/mol.